The van der Waals surface area contributed by atoms with E-state index in [0.29, 0.717) is 34.4 Å². The number of nitriles is 1. The number of sulfone groups is 1. The third-order valence-electron chi connectivity index (χ3n) is 5.37. The summed E-state index contributed by atoms with van der Waals surface area (Å²) in [5.41, 5.74) is 3.18. The Morgan fingerprint density at radius 3 is 2.59 bits per heavy atom. The van der Waals surface area contributed by atoms with E-state index in [4.69, 9.17) is 0 Å². The van der Waals surface area contributed by atoms with Crippen molar-refractivity contribution in [2.45, 2.75) is 37.5 Å². The Labute approximate surface area is 185 Å². The zero-order valence-corrected chi connectivity index (χ0v) is 18.6. The van der Waals surface area contributed by atoms with Gasteiger partial charge in [0.2, 0.25) is 0 Å². The second kappa shape index (κ2) is 8.13. The van der Waals surface area contributed by atoms with Crippen molar-refractivity contribution < 1.29 is 12.8 Å². The topological polar surface area (TPSA) is 102 Å². The Kier molecular flexibility index (Phi) is 5.48. The van der Waals surface area contributed by atoms with Crippen molar-refractivity contribution in [1.82, 2.24) is 19.7 Å². The fourth-order valence-corrected chi connectivity index (χ4v) is 4.60. The molecule has 0 aliphatic carbocycles. The average Bonchev–Trinajstić information content (AvgIpc) is 3.22. The highest BCUT2D eigenvalue weighted by molar-refractivity contribution is 7.92. The number of fused-ring (bicyclic) bond motifs is 1. The second-order valence-corrected chi connectivity index (χ2v) is 10.1. The maximum Gasteiger partial charge on any atom is 0.183 e. The highest BCUT2D eigenvalue weighted by atomic mass is 32.2. The molecule has 0 amide bonds. The molecule has 0 saturated carbocycles. The van der Waals surface area contributed by atoms with Crippen molar-refractivity contribution in [3.05, 3.63) is 60.3 Å². The normalized spacial score (nSPS) is 11.8. The van der Waals surface area contributed by atoms with Crippen LogP contribution in [0.5, 0.6) is 0 Å². The fourth-order valence-electron chi connectivity index (χ4n) is 3.51. The second-order valence-electron chi connectivity index (χ2n) is 7.57. The van der Waals surface area contributed by atoms with Gasteiger partial charge in [-0.2, -0.15) is 10.4 Å². The first-order valence-corrected chi connectivity index (χ1v) is 11.6. The van der Waals surface area contributed by atoms with E-state index < -0.39 is 20.9 Å². The van der Waals surface area contributed by atoms with E-state index >= 15 is 0 Å². The first kappa shape index (κ1) is 21.6. The van der Waals surface area contributed by atoms with Gasteiger partial charge in [-0.25, -0.2) is 17.8 Å². The molecule has 0 radical (unpaired) electrons. The number of hydrogen-bond donors (Lipinski definition) is 0. The number of nitrogens with zero attached hydrogens (tertiary/aromatic N) is 5. The number of benzene rings is 2. The summed E-state index contributed by atoms with van der Waals surface area (Å²) in [6, 6.07) is 10.7. The van der Waals surface area contributed by atoms with Crippen LogP contribution in [0.3, 0.4) is 0 Å². The molecule has 0 fully saturated rings. The summed E-state index contributed by atoms with van der Waals surface area (Å²) in [5, 5.41) is 17.2. The first-order valence-electron chi connectivity index (χ1n) is 10.0. The highest BCUT2D eigenvalue weighted by Crippen LogP contribution is 2.34. The van der Waals surface area contributed by atoms with Gasteiger partial charge in [0.05, 0.1) is 34.3 Å². The monoisotopic (exact) mass is 449 g/mol. The molecular weight excluding hydrogens is 429 g/mol. The minimum atomic E-state index is -3.56. The lowest BCUT2D eigenvalue weighted by atomic mass is 9.96. The smallest absolute Gasteiger partial charge is 0.183 e. The molecule has 162 valence electrons. The fraction of sp³-hybridized carbons (Fsp3) is 0.217. The number of aryl methyl sites for hydroxylation is 1. The molecule has 2 aromatic heterocycles. The number of imidazole rings is 1. The van der Waals surface area contributed by atoms with Gasteiger partial charge in [0, 0.05) is 23.2 Å². The summed E-state index contributed by atoms with van der Waals surface area (Å²) in [6.45, 7) is 5.79. The lowest BCUT2D eigenvalue weighted by molar-refractivity contribution is 0.587. The Hall–Kier alpha value is -3.64. The summed E-state index contributed by atoms with van der Waals surface area (Å²) in [7, 11) is -3.56. The van der Waals surface area contributed by atoms with Crippen LogP contribution in [0.1, 0.15) is 26.3 Å². The van der Waals surface area contributed by atoms with Crippen LogP contribution in [0.2, 0.25) is 0 Å². The summed E-state index contributed by atoms with van der Waals surface area (Å²) in [6.07, 6.45) is 3.24. The molecule has 0 aliphatic heterocycles. The molecular formula is C23H20FN5O2S. The molecule has 4 rings (SSSR count). The van der Waals surface area contributed by atoms with Crippen molar-refractivity contribution in [2.75, 3.05) is 0 Å². The van der Waals surface area contributed by atoms with Gasteiger partial charge >= 0.3 is 0 Å². The Morgan fingerprint density at radius 2 is 1.91 bits per heavy atom. The summed E-state index contributed by atoms with van der Waals surface area (Å²) >= 11 is 0. The third-order valence-corrected chi connectivity index (χ3v) is 7.53. The maximum absolute atomic E-state index is 14.8. The zero-order valence-electron chi connectivity index (χ0n) is 17.7. The Bertz CT molecular complexity index is 1490. The van der Waals surface area contributed by atoms with Crippen LogP contribution in [0, 0.1) is 17.1 Å². The predicted molar refractivity (Wildman–Crippen MR) is 119 cm³/mol. The Balaban J connectivity index is 1.88. The number of hydrogen-bond acceptors (Lipinski definition) is 6. The molecule has 0 unspecified atom stereocenters. The van der Waals surface area contributed by atoms with E-state index in [0.717, 1.165) is 0 Å². The van der Waals surface area contributed by atoms with Gasteiger partial charge in [-0.05, 0) is 50.6 Å². The SMILES string of the molecule is CCn1cnc2c(-c3ccc(F)c(-c4ccc(S(=O)(=O)C(C)C)cc4C#N)c3)cnnc21. The van der Waals surface area contributed by atoms with Crippen molar-refractivity contribution in [3.8, 4) is 28.3 Å². The molecule has 2 heterocycles. The molecule has 7 nitrogen and oxygen atoms in total. The van der Waals surface area contributed by atoms with E-state index in [-0.39, 0.29) is 16.0 Å². The Morgan fingerprint density at radius 1 is 1.12 bits per heavy atom. The van der Waals surface area contributed by atoms with Gasteiger partial charge in [-0.3, -0.25) is 0 Å². The van der Waals surface area contributed by atoms with Crippen molar-refractivity contribution in [3.63, 3.8) is 0 Å². The molecule has 32 heavy (non-hydrogen) atoms. The average molecular weight is 450 g/mol. The molecule has 0 atom stereocenters. The van der Waals surface area contributed by atoms with Gasteiger partial charge in [-0.15, -0.1) is 5.10 Å². The standard InChI is InChI=1S/C23H20FN5O2S/c1-4-29-13-26-22-20(12-27-28-23(22)29)15-5-8-21(24)19(10-15)18-7-6-17(9-16(18)11-25)32(30,31)14(2)3/h5-10,12-14H,4H2,1-3H3. The molecule has 0 aliphatic rings. The van der Waals surface area contributed by atoms with Gasteiger partial charge < -0.3 is 4.57 Å². The predicted octanol–water partition coefficient (Wildman–Crippen LogP) is 4.37. The lowest BCUT2D eigenvalue weighted by Crippen LogP contribution is -2.14. The van der Waals surface area contributed by atoms with Crippen LogP contribution >= 0.6 is 0 Å². The van der Waals surface area contributed by atoms with Crippen molar-refractivity contribution in [1.29, 1.82) is 5.26 Å². The van der Waals surface area contributed by atoms with Crippen LogP contribution in [0.25, 0.3) is 33.4 Å². The molecule has 9 heteroatoms. The van der Waals surface area contributed by atoms with Gasteiger partial charge in [-0.1, -0.05) is 12.1 Å². The summed E-state index contributed by atoms with van der Waals surface area (Å²) < 4.78 is 41.7. The first-order chi connectivity index (χ1) is 15.3. The van der Waals surface area contributed by atoms with Crippen LogP contribution in [-0.4, -0.2) is 33.4 Å². The quantitative estimate of drug-likeness (QED) is 0.448. The molecule has 0 saturated heterocycles. The minimum Gasteiger partial charge on any atom is -0.314 e. The van der Waals surface area contributed by atoms with Crippen LogP contribution in [-0.2, 0) is 16.4 Å². The molecule has 0 N–H and O–H groups in total. The van der Waals surface area contributed by atoms with Crippen LogP contribution < -0.4 is 0 Å². The van der Waals surface area contributed by atoms with E-state index in [1.807, 2.05) is 17.6 Å². The molecule has 4 aromatic rings. The molecule has 2 aromatic carbocycles. The minimum absolute atomic E-state index is 0.0366. The maximum atomic E-state index is 14.8. The van der Waals surface area contributed by atoms with Crippen LogP contribution in [0.4, 0.5) is 4.39 Å². The van der Waals surface area contributed by atoms with E-state index in [1.54, 1.807) is 38.5 Å². The van der Waals surface area contributed by atoms with Gasteiger partial charge in [0.25, 0.3) is 0 Å². The highest BCUT2D eigenvalue weighted by Gasteiger charge is 2.22. The van der Waals surface area contributed by atoms with Crippen molar-refractivity contribution in [2.24, 2.45) is 0 Å². The number of rotatable bonds is 5. The van der Waals surface area contributed by atoms with E-state index in [9.17, 15) is 18.1 Å². The number of halogens is 1. The van der Waals surface area contributed by atoms with Gasteiger partial charge in [0.15, 0.2) is 15.5 Å². The number of aromatic nitrogens is 4. The van der Waals surface area contributed by atoms with E-state index in [2.05, 4.69) is 15.2 Å². The summed E-state index contributed by atoms with van der Waals surface area (Å²) in [4.78, 5) is 4.46. The van der Waals surface area contributed by atoms with Crippen molar-refractivity contribution >= 4 is 21.0 Å². The lowest BCUT2D eigenvalue weighted by Gasteiger charge is -2.12. The largest absolute Gasteiger partial charge is 0.314 e. The molecule has 0 bridgehead atoms. The van der Waals surface area contributed by atoms with Crippen LogP contribution in [0.15, 0.2) is 53.8 Å². The van der Waals surface area contributed by atoms with Gasteiger partial charge in [0.1, 0.15) is 11.3 Å². The zero-order chi connectivity index (χ0) is 23.0. The third kappa shape index (κ3) is 3.52. The summed E-state index contributed by atoms with van der Waals surface area (Å²) in [5.74, 6) is -0.526. The van der Waals surface area contributed by atoms with E-state index in [1.165, 1.54) is 24.3 Å². The molecule has 0 spiro atoms.